The summed E-state index contributed by atoms with van der Waals surface area (Å²) < 4.78 is 11.8. The second-order valence-corrected chi connectivity index (χ2v) is 6.19. The van der Waals surface area contributed by atoms with E-state index in [0.717, 1.165) is 5.56 Å². The number of carbonyl (C=O) groups excluding carboxylic acids is 1. The van der Waals surface area contributed by atoms with Crippen LogP contribution in [0.25, 0.3) is 16.6 Å². The number of benzene rings is 2. The minimum Gasteiger partial charge on any atom is -0.497 e. The highest BCUT2D eigenvalue weighted by Crippen LogP contribution is 2.29. The highest BCUT2D eigenvalue weighted by molar-refractivity contribution is 6.08. The van der Waals surface area contributed by atoms with E-state index in [1.165, 1.54) is 18.7 Å². The maximum Gasteiger partial charge on any atom is 0.278 e. The lowest BCUT2D eigenvalue weighted by Gasteiger charge is -2.10. The molecule has 0 saturated carbocycles. The molecule has 0 saturated heterocycles. The van der Waals surface area contributed by atoms with Gasteiger partial charge in [-0.05, 0) is 36.8 Å². The number of amides is 1. The zero-order valence-corrected chi connectivity index (χ0v) is 15.4. The number of anilines is 1. The molecule has 0 aliphatic heterocycles. The van der Waals surface area contributed by atoms with Crippen LogP contribution in [0.2, 0.25) is 0 Å². The van der Waals surface area contributed by atoms with Crippen molar-refractivity contribution in [2.45, 2.75) is 6.92 Å². The molecular formula is C19H17N5O4. The van der Waals surface area contributed by atoms with E-state index >= 15 is 0 Å². The maximum atomic E-state index is 12.8. The number of carbonyl (C=O) groups is 1. The summed E-state index contributed by atoms with van der Waals surface area (Å²) in [5, 5.41) is 10.6. The van der Waals surface area contributed by atoms with Crippen molar-refractivity contribution in [1.29, 1.82) is 0 Å². The number of H-pyrrole nitrogens is 1. The van der Waals surface area contributed by atoms with Crippen LogP contribution in [-0.4, -0.2) is 39.9 Å². The Balaban J connectivity index is 1.79. The number of methoxy groups -OCH3 is 2. The lowest BCUT2D eigenvalue weighted by molar-refractivity contribution is 0.102. The predicted molar refractivity (Wildman–Crippen MR) is 103 cm³/mol. The van der Waals surface area contributed by atoms with E-state index < -0.39 is 11.5 Å². The normalized spacial score (nSPS) is 11.0. The zero-order chi connectivity index (χ0) is 19.8. The van der Waals surface area contributed by atoms with Crippen molar-refractivity contribution in [3.63, 3.8) is 0 Å². The van der Waals surface area contributed by atoms with E-state index in [0.29, 0.717) is 28.2 Å². The molecule has 9 nitrogen and oxygen atoms in total. The molecule has 2 aromatic carbocycles. The molecule has 2 heterocycles. The number of nitrogens with zero attached hydrogens (tertiary/aromatic N) is 3. The van der Waals surface area contributed by atoms with E-state index in [9.17, 15) is 9.59 Å². The molecule has 1 amide bonds. The van der Waals surface area contributed by atoms with Gasteiger partial charge in [-0.1, -0.05) is 11.3 Å². The van der Waals surface area contributed by atoms with Gasteiger partial charge >= 0.3 is 0 Å². The van der Waals surface area contributed by atoms with Crippen LogP contribution in [0.3, 0.4) is 0 Å². The summed E-state index contributed by atoms with van der Waals surface area (Å²) in [5.74, 6) is 0.427. The minimum atomic E-state index is -0.574. The molecule has 0 fully saturated rings. The van der Waals surface area contributed by atoms with Crippen molar-refractivity contribution in [2.24, 2.45) is 0 Å². The highest BCUT2D eigenvalue weighted by atomic mass is 16.5. The largest absolute Gasteiger partial charge is 0.497 e. The van der Waals surface area contributed by atoms with Gasteiger partial charge in [-0.3, -0.25) is 9.59 Å². The molecule has 28 heavy (non-hydrogen) atoms. The summed E-state index contributed by atoms with van der Waals surface area (Å²) in [4.78, 5) is 28.1. The van der Waals surface area contributed by atoms with Gasteiger partial charge in [0.05, 0.1) is 30.9 Å². The first-order valence-corrected chi connectivity index (χ1v) is 8.43. The number of aromatic nitrogens is 4. The number of rotatable bonds is 4. The molecule has 0 bridgehead atoms. The topological polar surface area (TPSA) is 111 Å². The molecule has 0 aliphatic carbocycles. The van der Waals surface area contributed by atoms with Crippen LogP contribution < -0.4 is 20.3 Å². The van der Waals surface area contributed by atoms with Gasteiger partial charge in [0, 0.05) is 6.07 Å². The molecule has 0 spiro atoms. The number of hydrogen-bond acceptors (Lipinski definition) is 6. The smallest absolute Gasteiger partial charge is 0.278 e. The summed E-state index contributed by atoms with van der Waals surface area (Å²) in [6.45, 7) is 1.92. The van der Waals surface area contributed by atoms with Gasteiger partial charge in [0.15, 0.2) is 11.2 Å². The van der Waals surface area contributed by atoms with Gasteiger partial charge in [-0.25, -0.2) is 4.52 Å². The van der Waals surface area contributed by atoms with E-state index in [2.05, 4.69) is 20.6 Å². The summed E-state index contributed by atoms with van der Waals surface area (Å²) in [6, 6.07) is 10.5. The fourth-order valence-corrected chi connectivity index (χ4v) is 3.01. The van der Waals surface area contributed by atoms with Gasteiger partial charge in [-0.15, -0.1) is 5.10 Å². The molecule has 0 aliphatic rings. The predicted octanol–water partition coefficient (Wildman–Crippen LogP) is 2.15. The van der Waals surface area contributed by atoms with E-state index in [-0.39, 0.29) is 11.2 Å². The van der Waals surface area contributed by atoms with E-state index in [1.54, 1.807) is 18.2 Å². The molecule has 0 unspecified atom stereocenters. The van der Waals surface area contributed by atoms with Crippen molar-refractivity contribution in [2.75, 3.05) is 19.5 Å². The third-order valence-electron chi connectivity index (χ3n) is 4.39. The Bertz CT molecular complexity index is 1270. The van der Waals surface area contributed by atoms with Crippen molar-refractivity contribution >= 4 is 28.1 Å². The monoisotopic (exact) mass is 379 g/mol. The number of ether oxygens (including phenoxy) is 2. The summed E-state index contributed by atoms with van der Waals surface area (Å²) in [7, 11) is 3.02. The van der Waals surface area contributed by atoms with Crippen LogP contribution in [0, 0.1) is 6.92 Å². The van der Waals surface area contributed by atoms with Gasteiger partial charge in [-0.2, -0.15) is 0 Å². The fourth-order valence-electron chi connectivity index (χ4n) is 3.01. The van der Waals surface area contributed by atoms with E-state index in [1.807, 2.05) is 25.1 Å². The molecule has 0 radical (unpaired) electrons. The number of hydrogen-bond donors (Lipinski definition) is 2. The van der Waals surface area contributed by atoms with Crippen LogP contribution >= 0.6 is 0 Å². The quantitative estimate of drug-likeness (QED) is 0.562. The Morgan fingerprint density at radius 2 is 1.96 bits per heavy atom. The Morgan fingerprint density at radius 3 is 2.71 bits per heavy atom. The molecule has 9 heteroatoms. The summed E-state index contributed by atoms with van der Waals surface area (Å²) >= 11 is 0. The summed E-state index contributed by atoms with van der Waals surface area (Å²) in [5.41, 5.74) is 2.22. The zero-order valence-electron chi connectivity index (χ0n) is 15.4. The number of aromatic amines is 1. The third-order valence-corrected chi connectivity index (χ3v) is 4.39. The van der Waals surface area contributed by atoms with Crippen molar-refractivity contribution in [3.05, 3.63) is 58.0 Å². The molecule has 2 aromatic heterocycles. The van der Waals surface area contributed by atoms with Gasteiger partial charge in [0.2, 0.25) is 0 Å². The lowest BCUT2D eigenvalue weighted by atomic mass is 10.2. The van der Waals surface area contributed by atoms with Crippen LogP contribution in [0.1, 0.15) is 16.1 Å². The first kappa shape index (κ1) is 17.5. The number of fused-ring (bicyclic) bond motifs is 3. The molecule has 0 atom stereocenters. The van der Waals surface area contributed by atoms with Crippen LogP contribution in [0.15, 0.2) is 41.2 Å². The van der Waals surface area contributed by atoms with Gasteiger partial charge in [0.25, 0.3) is 11.5 Å². The van der Waals surface area contributed by atoms with Gasteiger partial charge in [0.1, 0.15) is 11.5 Å². The first-order valence-electron chi connectivity index (χ1n) is 8.43. The molecule has 4 rings (SSSR count). The number of nitrogens with one attached hydrogen (secondary N) is 2. The second-order valence-electron chi connectivity index (χ2n) is 6.19. The first-order chi connectivity index (χ1) is 13.5. The van der Waals surface area contributed by atoms with Crippen LogP contribution in [-0.2, 0) is 0 Å². The van der Waals surface area contributed by atoms with Crippen LogP contribution in [0.5, 0.6) is 11.5 Å². The molecular weight excluding hydrogens is 362 g/mol. The van der Waals surface area contributed by atoms with Crippen LogP contribution in [0.4, 0.5) is 5.69 Å². The standard InChI is InChI=1S/C19H17N5O4/c1-10-4-7-14-13(8-10)21-19(26)17-16(22-23-24(14)17)18(25)20-12-6-5-11(27-2)9-15(12)28-3/h4-9H,1-3H3,(H,20,25)(H,21,26). The van der Waals surface area contributed by atoms with E-state index in [4.69, 9.17) is 9.47 Å². The molecule has 4 aromatic rings. The minimum absolute atomic E-state index is 0.0707. The maximum absolute atomic E-state index is 12.8. The SMILES string of the molecule is COc1ccc(NC(=O)c2nnn3c2c(=O)[nH]c2cc(C)ccc23)c(OC)c1. The van der Waals surface area contributed by atoms with Crippen molar-refractivity contribution in [3.8, 4) is 11.5 Å². The van der Waals surface area contributed by atoms with Crippen molar-refractivity contribution < 1.29 is 14.3 Å². The molecule has 142 valence electrons. The van der Waals surface area contributed by atoms with Crippen molar-refractivity contribution in [1.82, 2.24) is 19.8 Å². The number of aryl methyl sites for hydroxylation is 1. The van der Waals surface area contributed by atoms with Gasteiger partial charge < -0.3 is 19.8 Å². The second kappa shape index (κ2) is 6.69. The average molecular weight is 379 g/mol. The fraction of sp³-hybridized carbons (Fsp3) is 0.158. The Morgan fingerprint density at radius 1 is 1.14 bits per heavy atom. The molecule has 2 N–H and O–H groups in total. The average Bonchev–Trinajstić information content (AvgIpc) is 3.14. The lowest BCUT2D eigenvalue weighted by Crippen LogP contribution is -2.18. The third kappa shape index (κ3) is 2.82. The Labute approximate surface area is 158 Å². The highest BCUT2D eigenvalue weighted by Gasteiger charge is 2.21. The summed E-state index contributed by atoms with van der Waals surface area (Å²) in [6.07, 6.45) is 0. The Hall–Kier alpha value is -3.88. The Kier molecular flexibility index (Phi) is 4.19.